The van der Waals surface area contributed by atoms with E-state index in [-0.39, 0.29) is 11.9 Å². The van der Waals surface area contributed by atoms with Gasteiger partial charge in [-0.3, -0.25) is 4.79 Å². The molecule has 1 heterocycles. The first-order valence-electron chi connectivity index (χ1n) is 5.01. The van der Waals surface area contributed by atoms with E-state index in [1.165, 1.54) is 11.3 Å². The van der Waals surface area contributed by atoms with E-state index in [4.69, 9.17) is 5.73 Å². The van der Waals surface area contributed by atoms with Crippen LogP contribution >= 0.6 is 11.3 Å². The molecule has 0 fully saturated rings. The molecule has 1 aromatic rings. The van der Waals surface area contributed by atoms with Crippen LogP contribution in [-0.4, -0.2) is 23.5 Å². The number of nitrogens with two attached hydrogens (primary N) is 1. The normalized spacial score (nSPS) is 12.9. The predicted octanol–water partition coefficient (Wildman–Crippen LogP) is 1.34. The van der Waals surface area contributed by atoms with Crippen molar-refractivity contribution in [1.82, 2.24) is 10.3 Å². The van der Waals surface area contributed by atoms with Crippen LogP contribution in [-0.2, 0) is 0 Å². The zero-order chi connectivity index (χ0) is 11.4. The third kappa shape index (κ3) is 3.28. The fourth-order valence-corrected chi connectivity index (χ4v) is 1.83. The highest BCUT2D eigenvalue weighted by Crippen LogP contribution is 2.18. The van der Waals surface area contributed by atoms with Gasteiger partial charge in [-0.05, 0) is 6.92 Å². The van der Waals surface area contributed by atoms with Crippen molar-refractivity contribution in [3.05, 3.63) is 16.1 Å². The Bertz CT molecular complexity index is 335. The van der Waals surface area contributed by atoms with E-state index >= 15 is 0 Å². The lowest BCUT2D eigenvalue weighted by Gasteiger charge is -2.09. The molecule has 0 spiro atoms. The van der Waals surface area contributed by atoms with Crippen molar-refractivity contribution in [2.45, 2.75) is 32.7 Å². The largest absolute Gasteiger partial charge is 0.347 e. The summed E-state index contributed by atoms with van der Waals surface area (Å²) in [5.41, 5.74) is 5.91. The van der Waals surface area contributed by atoms with Gasteiger partial charge in [0.1, 0.15) is 5.69 Å². The Morgan fingerprint density at radius 2 is 2.27 bits per heavy atom. The van der Waals surface area contributed by atoms with Crippen LogP contribution in [0.1, 0.15) is 42.2 Å². The van der Waals surface area contributed by atoms with Crippen LogP contribution in [0.5, 0.6) is 0 Å². The summed E-state index contributed by atoms with van der Waals surface area (Å²) >= 11 is 1.52. The molecule has 1 atom stereocenters. The van der Waals surface area contributed by atoms with Crippen LogP contribution in [0.15, 0.2) is 5.38 Å². The van der Waals surface area contributed by atoms with Crippen LogP contribution in [0.2, 0.25) is 0 Å². The van der Waals surface area contributed by atoms with E-state index in [0.717, 1.165) is 5.01 Å². The first-order valence-corrected chi connectivity index (χ1v) is 5.89. The molecule has 0 unspecified atom stereocenters. The molecule has 1 amide bonds. The first kappa shape index (κ1) is 12.1. The minimum atomic E-state index is -0.142. The molecule has 0 aliphatic carbocycles. The fraction of sp³-hybridized carbons (Fsp3) is 0.600. The molecule has 1 aromatic heterocycles. The van der Waals surface area contributed by atoms with Gasteiger partial charge >= 0.3 is 0 Å². The standard InChI is InChI=1S/C10H17N3OS/c1-6(2)10-13-8(5-15-10)9(14)12-7(3)4-11/h5-7H,4,11H2,1-3H3,(H,12,14)/t7-/m0/s1. The second-order valence-electron chi connectivity index (χ2n) is 3.84. The lowest BCUT2D eigenvalue weighted by Crippen LogP contribution is -2.37. The Kier molecular flexibility index (Phi) is 4.23. The van der Waals surface area contributed by atoms with Crippen LogP contribution < -0.4 is 11.1 Å². The van der Waals surface area contributed by atoms with E-state index in [9.17, 15) is 4.79 Å². The van der Waals surface area contributed by atoms with Crippen molar-refractivity contribution in [3.63, 3.8) is 0 Å². The molecule has 0 saturated heterocycles. The maximum absolute atomic E-state index is 11.6. The molecule has 84 valence electrons. The Morgan fingerprint density at radius 3 is 2.73 bits per heavy atom. The smallest absolute Gasteiger partial charge is 0.271 e. The van der Waals surface area contributed by atoms with E-state index in [2.05, 4.69) is 24.1 Å². The van der Waals surface area contributed by atoms with Gasteiger partial charge in [-0.15, -0.1) is 11.3 Å². The van der Waals surface area contributed by atoms with Gasteiger partial charge in [0.15, 0.2) is 0 Å². The average molecular weight is 227 g/mol. The second kappa shape index (κ2) is 5.23. The third-order valence-electron chi connectivity index (χ3n) is 1.98. The molecule has 3 N–H and O–H groups in total. The van der Waals surface area contributed by atoms with Gasteiger partial charge in [0.05, 0.1) is 5.01 Å². The number of amides is 1. The molecule has 0 saturated carbocycles. The van der Waals surface area contributed by atoms with Gasteiger partial charge in [0, 0.05) is 23.9 Å². The third-order valence-corrected chi connectivity index (χ3v) is 3.12. The summed E-state index contributed by atoms with van der Waals surface area (Å²) < 4.78 is 0. The van der Waals surface area contributed by atoms with E-state index in [1.54, 1.807) is 5.38 Å². The van der Waals surface area contributed by atoms with Gasteiger partial charge in [-0.1, -0.05) is 13.8 Å². The van der Waals surface area contributed by atoms with E-state index in [0.29, 0.717) is 18.2 Å². The monoisotopic (exact) mass is 227 g/mol. The van der Waals surface area contributed by atoms with Gasteiger partial charge < -0.3 is 11.1 Å². The highest BCUT2D eigenvalue weighted by atomic mass is 32.1. The van der Waals surface area contributed by atoms with Crippen molar-refractivity contribution >= 4 is 17.2 Å². The topological polar surface area (TPSA) is 68.0 Å². The lowest BCUT2D eigenvalue weighted by atomic mass is 10.2. The Balaban J connectivity index is 2.66. The van der Waals surface area contributed by atoms with Crippen molar-refractivity contribution in [3.8, 4) is 0 Å². The molecule has 1 rings (SSSR count). The number of thiazole rings is 1. The molecule has 4 nitrogen and oxygen atoms in total. The Hall–Kier alpha value is -0.940. The zero-order valence-corrected chi connectivity index (χ0v) is 10.1. The summed E-state index contributed by atoms with van der Waals surface area (Å²) in [5.74, 6) is 0.222. The number of aromatic nitrogens is 1. The molecule has 0 aliphatic rings. The first-order chi connectivity index (χ1) is 7.04. The van der Waals surface area contributed by atoms with Gasteiger partial charge in [0.25, 0.3) is 5.91 Å². The van der Waals surface area contributed by atoms with Crippen LogP contribution in [0, 0.1) is 0 Å². The molecule has 0 aliphatic heterocycles. The van der Waals surface area contributed by atoms with Crippen LogP contribution in [0.3, 0.4) is 0 Å². The molecule has 15 heavy (non-hydrogen) atoms. The molecule has 0 aromatic carbocycles. The summed E-state index contributed by atoms with van der Waals surface area (Å²) in [7, 11) is 0. The van der Waals surface area contributed by atoms with Crippen molar-refractivity contribution < 1.29 is 4.79 Å². The average Bonchev–Trinajstić information content (AvgIpc) is 2.66. The summed E-state index contributed by atoms with van der Waals surface area (Å²) in [6.07, 6.45) is 0. The number of hydrogen-bond donors (Lipinski definition) is 2. The Morgan fingerprint density at radius 1 is 1.60 bits per heavy atom. The second-order valence-corrected chi connectivity index (χ2v) is 4.73. The summed E-state index contributed by atoms with van der Waals surface area (Å²) in [6, 6.07) is -0.0123. The van der Waals surface area contributed by atoms with Crippen LogP contribution in [0.25, 0.3) is 0 Å². The van der Waals surface area contributed by atoms with Gasteiger partial charge in [-0.2, -0.15) is 0 Å². The maximum atomic E-state index is 11.6. The quantitative estimate of drug-likeness (QED) is 0.815. The van der Waals surface area contributed by atoms with E-state index < -0.39 is 0 Å². The number of carbonyl (C=O) groups is 1. The fourth-order valence-electron chi connectivity index (χ4n) is 1.01. The van der Waals surface area contributed by atoms with Crippen molar-refractivity contribution in [2.24, 2.45) is 5.73 Å². The van der Waals surface area contributed by atoms with Crippen molar-refractivity contribution in [1.29, 1.82) is 0 Å². The molecular weight excluding hydrogens is 210 g/mol. The summed E-state index contributed by atoms with van der Waals surface area (Å²) in [5, 5.41) is 5.55. The van der Waals surface area contributed by atoms with Gasteiger partial charge in [0.2, 0.25) is 0 Å². The Labute approximate surface area is 93.9 Å². The van der Waals surface area contributed by atoms with Crippen LogP contribution in [0.4, 0.5) is 0 Å². The zero-order valence-electron chi connectivity index (χ0n) is 9.28. The highest BCUT2D eigenvalue weighted by molar-refractivity contribution is 7.09. The number of hydrogen-bond acceptors (Lipinski definition) is 4. The SMILES string of the molecule is CC(C)c1nc(C(=O)N[C@@H](C)CN)cs1. The lowest BCUT2D eigenvalue weighted by molar-refractivity contribution is 0.0937. The minimum absolute atomic E-state index is 0.0123. The summed E-state index contributed by atoms with van der Waals surface area (Å²) in [6.45, 7) is 6.42. The number of nitrogens with one attached hydrogen (secondary N) is 1. The number of carbonyl (C=O) groups excluding carboxylic acids is 1. The molecule has 5 heteroatoms. The molecule has 0 bridgehead atoms. The minimum Gasteiger partial charge on any atom is -0.347 e. The number of nitrogens with zero attached hydrogens (tertiary/aromatic N) is 1. The van der Waals surface area contributed by atoms with E-state index in [1.807, 2.05) is 6.92 Å². The number of rotatable bonds is 4. The summed E-state index contributed by atoms with van der Waals surface area (Å²) in [4.78, 5) is 15.9. The maximum Gasteiger partial charge on any atom is 0.271 e. The predicted molar refractivity (Wildman–Crippen MR) is 62.2 cm³/mol. The molecule has 0 radical (unpaired) electrons. The molecular formula is C10H17N3OS. The highest BCUT2D eigenvalue weighted by Gasteiger charge is 2.13. The van der Waals surface area contributed by atoms with Crippen molar-refractivity contribution in [2.75, 3.05) is 6.54 Å². The van der Waals surface area contributed by atoms with Gasteiger partial charge in [-0.25, -0.2) is 4.98 Å².